The Labute approximate surface area is 167 Å². The van der Waals surface area contributed by atoms with Gasteiger partial charge in [-0.1, -0.05) is 18.2 Å². The zero-order valence-corrected chi connectivity index (χ0v) is 16.1. The van der Waals surface area contributed by atoms with Crippen LogP contribution in [-0.4, -0.2) is 27.3 Å². The second kappa shape index (κ2) is 7.63. The fourth-order valence-electron chi connectivity index (χ4n) is 3.20. The third kappa shape index (κ3) is 3.50. The summed E-state index contributed by atoms with van der Waals surface area (Å²) in [4.78, 5) is 28.8. The number of carbonyl (C=O) groups excluding carboxylic acids is 1. The summed E-state index contributed by atoms with van der Waals surface area (Å²) in [6, 6.07) is 16.5. The molecule has 146 valence electrons. The molecule has 2 aromatic carbocycles. The van der Waals surface area contributed by atoms with Crippen molar-refractivity contribution in [1.29, 1.82) is 0 Å². The number of carbonyl (C=O) groups is 1. The average molecular weight is 388 g/mol. The molecular formula is C22H20N4O3. The van der Waals surface area contributed by atoms with Gasteiger partial charge < -0.3 is 15.0 Å². The molecule has 2 heterocycles. The lowest BCUT2D eigenvalue weighted by Crippen LogP contribution is -2.22. The Balaban J connectivity index is 1.68. The highest BCUT2D eigenvalue weighted by molar-refractivity contribution is 6.05. The smallest absolute Gasteiger partial charge is 0.261 e. The minimum Gasteiger partial charge on any atom is -0.494 e. The number of aromatic amines is 1. The van der Waals surface area contributed by atoms with Crippen LogP contribution in [0.4, 0.5) is 5.69 Å². The molecule has 2 aromatic heterocycles. The van der Waals surface area contributed by atoms with Gasteiger partial charge >= 0.3 is 0 Å². The second-order valence-electron chi connectivity index (χ2n) is 6.50. The zero-order valence-electron chi connectivity index (χ0n) is 16.1. The van der Waals surface area contributed by atoms with Gasteiger partial charge in [0.25, 0.3) is 5.91 Å². The van der Waals surface area contributed by atoms with Gasteiger partial charge in [0.1, 0.15) is 17.0 Å². The van der Waals surface area contributed by atoms with Gasteiger partial charge in [0.2, 0.25) is 5.43 Å². The summed E-state index contributed by atoms with van der Waals surface area (Å²) in [5, 5.41) is 7.62. The van der Waals surface area contributed by atoms with Crippen LogP contribution in [0.1, 0.15) is 23.0 Å². The van der Waals surface area contributed by atoms with Crippen molar-refractivity contribution in [1.82, 2.24) is 14.8 Å². The largest absolute Gasteiger partial charge is 0.494 e. The summed E-state index contributed by atoms with van der Waals surface area (Å²) >= 11 is 0. The molecule has 4 aromatic rings. The summed E-state index contributed by atoms with van der Waals surface area (Å²) in [6.45, 7) is 4.22. The fourth-order valence-corrected chi connectivity index (χ4v) is 3.20. The van der Waals surface area contributed by atoms with E-state index in [4.69, 9.17) is 4.74 Å². The topological polar surface area (TPSA) is 89.0 Å². The predicted molar refractivity (Wildman–Crippen MR) is 112 cm³/mol. The number of nitrogens with zero attached hydrogens (tertiary/aromatic N) is 2. The minimum atomic E-state index is -0.482. The van der Waals surface area contributed by atoms with Crippen LogP contribution in [0.3, 0.4) is 0 Å². The van der Waals surface area contributed by atoms with Crippen molar-refractivity contribution < 1.29 is 9.53 Å². The molecule has 1 amide bonds. The number of aryl methyl sites for hydroxylation is 1. The van der Waals surface area contributed by atoms with E-state index in [9.17, 15) is 9.59 Å². The standard InChI is InChI=1S/C22H20N4O3/c1-3-29-17-11-9-15(10-12-17)24-22(28)18-13-23-21-19(20(18)27)14(2)25-26(21)16-7-5-4-6-8-16/h4-13H,3H2,1-2H3,(H,23,27)(H,24,28). The first-order valence-corrected chi connectivity index (χ1v) is 9.29. The highest BCUT2D eigenvalue weighted by atomic mass is 16.5. The van der Waals surface area contributed by atoms with Gasteiger partial charge in [-0.15, -0.1) is 0 Å². The number of benzene rings is 2. The number of fused-ring (bicyclic) bond motifs is 1. The van der Waals surface area contributed by atoms with Crippen molar-refractivity contribution in [2.45, 2.75) is 13.8 Å². The molecule has 0 radical (unpaired) electrons. The number of hydrogen-bond acceptors (Lipinski definition) is 4. The summed E-state index contributed by atoms with van der Waals surface area (Å²) in [6.07, 6.45) is 1.43. The Hall–Kier alpha value is -3.87. The van der Waals surface area contributed by atoms with Gasteiger partial charge in [0.15, 0.2) is 0 Å². The first-order valence-electron chi connectivity index (χ1n) is 9.29. The Morgan fingerprint density at radius 2 is 1.86 bits per heavy atom. The average Bonchev–Trinajstić information content (AvgIpc) is 3.08. The first kappa shape index (κ1) is 18.5. The van der Waals surface area contributed by atoms with E-state index in [2.05, 4.69) is 15.4 Å². The van der Waals surface area contributed by atoms with Crippen molar-refractivity contribution in [3.8, 4) is 11.4 Å². The van der Waals surface area contributed by atoms with Gasteiger partial charge in [0, 0.05) is 11.9 Å². The molecule has 0 aliphatic carbocycles. The van der Waals surface area contributed by atoms with Crippen molar-refractivity contribution in [3.05, 3.63) is 82.3 Å². The van der Waals surface area contributed by atoms with Crippen LogP contribution >= 0.6 is 0 Å². The number of rotatable bonds is 5. The molecule has 4 rings (SSSR count). The van der Waals surface area contributed by atoms with E-state index in [0.29, 0.717) is 34.8 Å². The van der Waals surface area contributed by atoms with Gasteiger partial charge in [-0.2, -0.15) is 5.10 Å². The van der Waals surface area contributed by atoms with Gasteiger partial charge in [-0.25, -0.2) is 4.68 Å². The molecule has 0 aliphatic heterocycles. The maximum absolute atomic E-state index is 13.0. The van der Waals surface area contributed by atoms with Gasteiger partial charge in [0.05, 0.1) is 23.4 Å². The van der Waals surface area contributed by atoms with Crippen LogP contribution in [-0.2, 0) is 0 Å². The predicted octanol–water partition coefficient (Wildman–Crippen LogP) is 3.67. The van der Waals surface area contributed by atoms with Crippen molar-refractivity contribution in [2.24, 2.45) is 0 Å². The van der Waals surface area contributed by atoms with E-state index in [0.717, 1.165) is 5.69 Å². The molecule has 7 heteroatoms. The molecule has 0 saturated carbocycles. The minimum absolute atomic E-state index is 0.0297. The number of amides is 1. The lowest BCUT2D eigenvalue weighted by atomic mass is 10.1. The van der Waals surface area contributed by atoms with Crippen LogP contribution in [0.25, 0.3) is 16.7 Å². The number of H-pyrrole nitrogens is 1. The summed E-state index contributed by atoms with van der Waals surface area (Å²) < 4.78 is 7.06. The number of nitrogens with one attached hydrogen (secondary N) is 2. The van der Waals surface area contributed by atoms with Crippen molar-refractivity contribution >= 4 is 22.6 Å². The molecule has 0 unspecified atom stereocenters. The maximum Gasteiger partial charge on any atom is 0.261 e. The van der Waals surface area contributed by atoms with Crippen LogP contribution in [0.5, 0.6) is 5.75 Å². The molecular weight excluding hydrogens is 368 g/mol. The van der Waals surface area contributed by atoms with Crippen LogP contribution < -0.4 is 15.5 Å². The maximum atomic E-state index is 13.0. The van der Waals surface area contributed by atoms with E-state index in [1.807, 2.05) is 37.3 Å². The lowest BCUT2D eigenvalue weighted by Gasteiger charge is -2.07. The molecule has 0 saturated heterocycles. The molecule has 0 spiro atoms. The quantitative estimate of drug-likeness (QED) is 0.546. The Kier molecular flexibility index (Phi) is 4.87. The normalized spacial score (nSPS) is 10.8. The third-order valence-electron chi connectivity index (χ3n) is 4.55. The van der Waals surface area contributed by atoms with Gasteiger partial charge in [-0.3, -0.25) is 9.59 Å². The number of para-hydroxylation sites is 1. The van der Waals surface area contributed by atoms with Gasteiger partial charge in [-0.05, 0) is 50.2 Å². The Morgan fingerprint density at radius 3 is 2.55 bits per heavy atom. The van der Waals surface area contributed by atoms with Crippen LogP contribution in [0.2, 0.25) is 0 Å². The number of hydrogen-bond donors (Lipinski definition) is 2. The molecule has 2 N–H and O–H groups in total. The third-order valence-corrected chi connectivity index (χ3v) is 4.55. The number of ether oxygens (including phenoxy) is 1. The summed E-state index contributed by atoms with van der Waals surface area (Å²) in [7, 11) is 0. The molecule has 0 aliphatic rings. The summed E-state index contributed by atoms with van der Waals surface area (Å²) in [5.74, 6) is 0.234. The number of anilines is 1. The molecule has 0 bridgehead atoms. The highest BCUT2D eigenvalue weighted by Crippen LogP contribution is 2.19. The van der Waals surface area contributed by atoms with E-state index < -0.39 is 5.91 Å². The fraction of sp³-hybridized carbons (Fsp3) is 0.136. The van der Waals surface area contributed by atoms with E-state index in [-0.39, 0.29) is 11.0 Å². The second-order valence-corrected chi connectivity index (χ2v) is 6.50. The number of pyridine rings is 1. The molecule has 0 fully saturated rings. The van der Waals surface area contributed by atoms with Crippen LogP contribution in [0, 0.1) is 6.92 Å². The van der Waals surface area contributed by atoms with E-state index in [1.54, 1.807) is 35.9 Å². The van der Waals surface area contributed by atoms with Crippen LogP contribution in [0.15, 0.2) is 65.6 Å². The van der Waals surface area contributed by atoms with E-state index >= 15 is 0 Å². The number of aromatic nitrogens is 3. The van der Waals surface area contributed by atoms with Crippen molar-refractivity contribution in [2.75, 3.05) is 11.9 Å². The molecule has 7 nitrogen and oxygen atoms in total. The lowest BCUT2D eigenvalue weighted by molar-refractivity contribution is 0.102. The highest BCUT2D eigenvalue weighted by Gasteiger charge is 2.19. The Bertz CT molecular complexity index is 1220. The monoisotopic (exact) mass is 388 g/mol. The Morgan fingerprint density at radius 1 is 1.14 bits per heavy atom. The van der Waals surface area contributed by atoms with E-state index in [1.165, 1.54) is 6.20 Å². The SMILES string of the molecule is CCOc1ccc(NC(=O)c2c[nH]c3c(c(C)nn3-c3ccccc3)c2=O)cc1. The van der Waals surface area contributed by atoms with Crippen molar-refractivity contribution in [3.63, 3.8) is 0 Å². The summed E-state index contributed by atoms with van der Waals surface area (Å²) in [5.41, 5.74) is 2.18. The zero-order chi connectivity index (χ0) is 20.4. The molecule has 0 atom stereocenters. The first-order chi connectivity index (χ1) is 14.1. The molecule has 29 heavy (non-hydrogen) atoms.